The Balaban J connectivity index is 2.15. The summed E-state index contributed by atoms with van der Waals surface area (Å²) in [5, 5.41) is 0. The number of halogens is 1. The van der Waals surface area contributed by atoms with Crippen LogP contribution < -0.4 is 4.90 Å². The number of alkyl halides is 1. The predicted octanol–water partition coefficient (Wildman–Crippen LogP) is 3.59. The fourth-order valence-electron chi connectivity index (χ4n) is 2.51. The summed E-state index contributed by atoms with van der Waals surface area (Å²) in [6.45, 7) is 0. The molecule has 0 saturated heterocycles. The Morgan fingerprint density at radius 3 is 2.81 bits per heavy atom. The zero-order chi connectivity index (χ0) is 11.4. The van der Waals surface area contributed by atoms with Crippen LogP contribution in [0.15, 0.2) is 18.5 Å². The van der Waals surface area contributed by atoms with Crippen LogP contribution >= 0.6 is 11.6 Å². The number of rotatable bonds is 3. The number of hydrogen-bond donors (Lipinski definition) is 0. The summed E-state index contributed by atoms with van der Waals surface area (Å²) in [5.41, 5.74) is 2.38. The van der Waals surface area contributed by atoms with E-state index in [0.29, 0.717) is 11.9 Å². The third-order valence-electron chi connectivity index (χ3n) is 3.53. The molecule has 0 unspecified atom stereocenters. The monoisotopic (exact) mass is 238 g/mol. The lowest BCUT2D eigenvalue weighted by atomic mass is 9.94. The maximum absolute atomic E-state index is 5.96. The summed E-state index contributed by atoms with van der Waals surface area (Å²) < 4.78 is 0. The maximum Gasteiger partial charge on any atom is 0.0597 e. The van der Waals surface area contributed by atoms with Gasteiger partial charge in [0.2, 0.25) is 0 Å². The van der Waals surface area contributed by atoms with E-state index in [0.717, 1.165) is 0 Å². The Bertz CT molecular complexity index is 334. The molecule has 0 N–H and O–H groups in total. The van der Waals surface area contributed by atoms with E-state index in [1.54, 1.807) is 0 Å². The van der Waals surface area contributed by atoms with Crippen molar-refractivity contribution < 1.29 is 0 Å². The van der Waals surface area contributed by atoms with E-state index in [4.69, 9.17) is 11.6 Å². The molecule has 1 aromatic heterocycles. The van der Waals surface area contributed by atoms with Crippen molar-refractivity contribution >= 4 is 17.3 Å². The third-order valence-corrected chi connectivity index (χ3v) is 3.82. The van der Waals surface area contributed by atoms with E-state index >= 15 is 0 Å². The van der Waals surface area contributed by atoms with Gasteiger partial charge >= 0.3 is 0 Å². The zero-order valence-electron chi connectivity index (χ0n) is 9.82. The molecule has 1 fully saturated rings. The van der Waals surface area contributed by atoms with Crippen LogP contribution in [-0.4, -0.2) is 18.1 Å². The summed E-state index contributed by atoms with van der Waals surface area (Å²) in [4.78, 5) is 6.57. The number of aromatic nitrogens is 1. The molecule has 1 heterocycles. The highest BCUT2D eigenvalue weighted by Crippen LogP contribution is 2.28. The lowest BCUT2D eigenvalue weighted by Gasteiger charge is -2.33. The van der Waals surface area contributed by atoms with Crippen molar-refractivity contribution in [1.82, 2.24) is 4.98 Å². The van der Waals surface area contributed by atoms with E-state index < -0.39 is 0 Å². The largest absolute Gasteiger partial charge is 0.370 e. The minimum atomic E-state index is 0.564. The molecule has 0 aliphatic heterocycles. The summed E-state index contributed by atoms with van der Waals surface area (Å²) in [6.07, 6.45) is 10.4. The van der Waals surface area contributed by atoms with Gasteiger partial charge in [-0.1, -0.05) is 19.3 Å². The number of hydrogen-bond acceptors (Lipinski definition) is 2. The van der Waals surface area contributed by atoms with Crippen molar-refractivity contribution in [2.24, 2.45) is 0 Å². The van der Waals surface area contributed by atoms with Crippen LogP contribution in [-0.2, 0) is 5.88 Å². The molecule has 2 rings (SSSR count). The van der Waals surface area contributed by atoms with Gasteiger partial charge in [-0.25, -0.2) is 0 Å². The van der Waals surface area contributed by atoms with Gasteiger partial charge in [-0.15, -0.1) is 11.6 Å². The minimum Gasteiger partial charge on any atom is -0.370 e. The molecular formula is C13H19ClN2. The van der Waals surface area contributed by atoms with Crippen LogP contribution in [0.3, 0.4) is 0 Å². The highest BCUT2D eigenvalue weighted by atomic mass is 35.5. The van der Waals surface area contributed by atoms with Crippen LogP contribution in [0, 0.1) is 0 Å². The molecule has 1 aromatic rings. The molecule has 0 atom stereocenters. The fourth-order valence-corrected chi connectivity index (χ4v) is 2.74. The Labute approximate surface area is 103 Å². The van der Waals surface area contributed by atoms with Gasteiger partial charge in [0.25, 0.3) is 0 Å². The van der Waals surface area contributed by atoms with Crippen molar-refractivity contribution in [3.8, 4) is 0 Å². The lowest BCUT2D eigenvalue weighted by Crippen LogP contribution is -2.33. The highest BCUT2D eigenvalue weighted by Gasteiger charge is 2.19. The SMILES string of the molecule is CN(c1cnccc1CCl)C1CCCCC1. The average molecular weight is 239 g/mol. The molecule has 0 aromatic carbocycles. The van der Waals surface area contributed by atoms with Gasteiger partial charge < -0.3 is 4.90 Å². The molecule has 0 bridgehead atoms. The lowest BCUT2D eigenvalue weighted by molar-refractivity contribution is 0.427. The number of pyridine rings is 1. The van der Waals surface area contributed by atoms with Gasteiger partial charge in [-0.2, -0.15) is 0 Å². The molecular weight excluding hydrogens is 220 g/mol. The van der Waals surface area contributed by atoms with E-state index in [1.807, 2.05) is 18.5 Å². The number of nitrogens with zero attached hydrogens (tertiary/aromatic N) is 2. The van der Waals surface area contributed by atoms with Crippen molar-refractivity contribution in [2.75, 3.05) is 11.9 Å². The smallest absolute Gasteiger partial charge is 0.0597 e. The molecule has 0 amide bonds. The van der Waals surface area contributed by atoms with E-state index in [1.165, 1.54) is 43.4 Å². The summed E-state index contributed by atoms with van der Waals surface area (Å²) >= 11 is 5.96. The zero-order valence-corrected chi connectivity index (χ0v) is 10.6. The van der Waals surface area contributed by atoms with E-state index in [2.05, 4.69) is 16.9 Å². The maximum atomic E-state index is 5.96. The van der Waals surface area contributed by atoms with E-state index in [-0.39, 0.29) is 0 Å². The summed E-state index contributed by atoms with van der Waals surface area (Å²) in [5.74, 6) is 0.564. The summed E-state index contributed by atoms with van der Waals surface area (Å²) in [7, 11) is 2.17. The van der Waals surface area contributed by atoms with Gasteiger partial charge in [0.1, 0.15) is 0 Å². The average Bonchev–Trinajstić information content (AvgIpc) is 2.39. The molecule has 0 radical (unpaired) electrons. The van der Waals surface area contributed by atoms with Crippen LogP contribution in [0.4, 0.5) is 5.69 Å². The second-order valence-corrected chi connectivity index (χ2v) is 4.81. The standard InChI is InChI=1S/C13H19ClN2/c1-16(12-5-3-2-4-6-12)13-10-15-8-7-11(13)9-14/h7-8,10,12H,2-6,9H2,1H3. The van der Waals surface area contributed by atoms with Gasteiger partial charge in [-0.3, -0.25) is 4.98 Å². The van der Waals surface area contributed by atoms with Crippen molar-refractivity contribution in [2.45, 2.75) is 44.0 Å². The molecule has 1 aliphatic rings. The van der Waals surface area contributed by atoms with Gasteiger partial charge in [0.15, 0.2) is 0 Å². The Morgan fingerprint density at radius 2 is 2.12 bits per heavy atom. The molecule has 1 aliphatic carbocycles. The van der Waals surface area contributed by atoms with Crippen molar-refractivity contribution in [1.29, 1.82) is 0 Å². The molecule has 3 heteroatoms. The normalized spacial score (nSPS) is 17.4. The van der Waals surface area contributed by atoms with Gasteiger partial charge in [0, 0.05) is 25.2 Å². The molecule has 16 heavy (non-hydrogen) atoms. The minimum absolute atomic E-state index is 0.564. The van der Waals surface area contributed by atoms with Gasteiger partial charge in [-0.05, 0) is 24.5 Å². The predicted molar refractivity (Wildman–Crippen MR) is 69.1 cm³/mol. The Kier molecular flexibility index (Phi) is 4.05. The quantitative estimate of drug-likeness (QED) is 0.749. The highest BCUT2D eigenvalue weighted by molar-refractivity contribution is 6.17. The second kappa shape index (κ2) is 5.53. The van der Waals surface area contributed by atoms with Gasteiger partial charge in [0.05, 0.1) is 11.9 Å². The Morgan fingerprint density at radius 1 is 1.38 bits per heavy atom. The van der Waals surface area contributed by atoms with Crippen LogP contribution in [0.1, 0.15) is 37.7 Å². The first-order valence-corrected chi connectivity index (χ1v) is 6.58. The van der Waals surface area contributed by atoms with Crippen LogP contribution in [0.2, 0.25) is 0 Å². The third kappa shape index (κ3) is 2.49. The first-order valence-electron chi connectivity index (χ1n) is 6.04. The fraction of sp³-hybridized carbons (Fsp3) is 0.615. The summed E-state index contributed by atoms with van der Waals surface area (Å²) in [6, 6.07) is 2.68. The van der Waals surface area contributed by atoms with Crippen molar-refractivity contribution in [3.63, 3.8) is 0 Å². The van der Waals surface area contributed by atoms with E-state index in [9.17, 15) is 0 Å². The van der Waals surface area contributed by atoms with Crippen LogP contribution in [0.25, 0.3) is 0 Å². The first-order chi connectivity index (χ1) is 7.83. The second-order valence-electron chi connectivity index (χ2n) is 4.54. The molecule has 88 valence electrons. The topological polar surface area (TPSA) is 16.1 Å². The number of anilines is 1. The Hall–Kier alpha value is -0.760. The molecule has 1 saturated carbocycles. The van der Waals surface area contributed by atoms with Crippen LogP contribution in [0.5, 0.6) is 0 Å². The molecule has 2 nitrogen and oxygen atoms in total. The first kappa shape index (κ1) is 11.7. The molecule has 0 spiro atoms. The van der Waals surface area contributed by atoms with Crippen molar-refractivity contribution in [3.05, 3.63) is 24.0 Å².